The quantitative estimate of drug-likeness (QED) is 0.486. The Kier molecular flexibility index (Phi) is 2.96. The number of rotatable bonds is 2. The third-order valence-corrected chi connectivity index (χ3v) is 1.95. The molecule has 0 radical (unpaired) electrons. The number of hydrogen-bond donors (Lipinski definition) is 0. The van der Waals surface area contributed by atoms with Gasteiger partial charge in [-0.15, -0.1) is 0 Å². The largest absolute Gasteiger partial charge is 0.492 e. The molecule has 0 atom stereocenters. The van der Waals surface area contributed by atoms with Gasteiger partial charge in [0.2, 0.25) is 0 Å². The van der Waals surface area contributed by atoms with Gasteiger partial charge in [0.25, 0.3) is 0 Å². The van der Waals surface area contributed by atoms with Gasteiger partial charge in [-0.05, 0) is 27.2 Å². The molecule has 0 amide bonds. The van der Waals surface area contributed by atoms with Crippen molar-refractivity contribution in [3.8, 4) is 0 Å². The smallest absolute Gasteiger partial charge is 0.334 e. The first-order valence-electron chi connectivity index (χ1n) is 4.60. The molecule has 0 aliphatic carbocycles. The number of ether oxygens (including phenoxy) is 2. The predicted octanol–water partition coefficient (Wildman–Crippen LogP) is 2.02. The minimum absolute atomic E-state index is 0.127. The zero-order valence-electron chi connectivity index (χ0n) is 8.42. The first kappa shape index (κ1) is 10.1. The molecule has 1 fully saturated rings. The van der Waals surface area contributed by atoms with Gasteiger partial charge in [-0.2, -0.15) is 0 Å². The molecular formula is C10H16O3. The first-order valence-corrected chi connectivity index (χ1v) is 4.60. The lowest BCUT2D eigenvalue weighted by atomic mass is 10.1. The standard InChI is InChI=1S/C10H16O3/c1-4-12-9(11)7-8-5-6-10(2,3)13-8/h7H,4-6H2,1-3H3/b8-7-. The highest BCUT2D eigenvalue weighted by Crippen LogP contribution is 2.31. The molecule has 1 heterocycles. The van der Waals surface area contributed by atoms with Crippen LogP contribution in [0.15, 0.2) is 11.8 Å². The highest BCUT2D eigenvalue weighted by molar-refractivity contribution is 5.82. The number of esters is 1. The van der Waals surface area contributed by atoms with Crippen LogP contribution in [0.3, 0.4) is 0 Å². The lowest BCUT2D eigenvalue weighted by molar-refractivity contribution is -0.137. The molecule has 0 spiro atoms. The molecular weight excluding hydrogens is 168 g/mol. The fourth-order valence-electron chi connectivity index (χ4n) is 1.30. The van der Waals surface area contributed by atoms with E-state index in [0.717, 1.165) is 18.6 Å². The van der Waals surface area contributed by atoms with Crippen molar-refractivity contribution in [3.63, 3.8) is 0 Å². The summed E-state index contributed by atoms with van der Waals surface area (Å²) in [5, 5.41) is 0. The second-order valence-corrected chi connectivity index (χ2v) is 3.72. The number of hydrogen-bond acceptors (Lipinski definition) is 3. The predicted molar refractivity (Wildman–Crippen MR) is 49.1 cm³/mol. The minimum atomic E-state index is -0.310. The van der Waals surface area contributed by atoms with Crippen LogP contribution in [-0.4, -0.2) is 18.2 Å². The summed E-state index contributed by atoms with van der Waals surface area (Å²) in [5.41, 5.74) is -0.127. The van der Waals surface area contributed by atoms with Crippen molar-refractivity contribution in [2.24, 2.45) is 0 Å². The van der Waals surface area contributed by atoms with Gasteiger partial charge in [-0.25, -0.2) is 4.79 Å². The molecule has 3 nitrogen and oxygen atoms in total. The van der Waals surface area contributed by atoms with Crippen molar-refractivity contribution in [1.82, 2.24) is 0 Å². The fraction of sp³-hybridized carbons (Fsp3) is 0.700. The average Bonchev–Trinajstić information content (AvgIpc) is 2.30. The van der Waals surface area contributed by atoms with Gasteiger partial charge in [0.15, 0.2) is 0 Å². The molecule has 0 saturated carbocycles. The number of carbonyl (C=O) groups excluding carboxylic acids is 1. The van der Waals surface area contributed by atoms with Gasteiger partial charge in [-0.3, -0.25) is 0 Å². The molecule has 0 N–H and O–H groups in total. The number of allylic oxidation sites excluding steroid dienone is 1. The van der Waals surface area contributed by atoms with Crippen molar-refractivity contribution in [2.75, 3.05) is 6.61 Å². The van der Waals surface area contributed by atoms with Crippen molar-refractivity contribution in [3.05, 3.63) is 11.8 Å². The topological polar surface area (TPSA) is 35.5 Å². The van der Waals surface area contributed by atoms with Crippen LogP contribution in [0.2, 0.25) is 0 Å². The third-order valence-electron chi connectivity index (χ3n) is 1.95. The van der Waals surface area contributed by atoms with E-state index in [0.29, 0.717) is 6.61 Å². The van der Waals surface area contributed by atoms with E-state index in [-0.39, 0.29) is 11.6 Å². The molecule has 0 bridgehead atoms. The van der Waals surface area contributed by atoms with Crippen LogP contribution < -0.4 is 0 Å². The van der Waals surface area contributed by atoms with Crippen LogP contribution in [0, 0.1) is 0 Å². The highest BCUT2D eigenvalue weighted by Gasteiger charge is 2.28. The van der Waals surface area contributed by atoms with Crippen LogP contribution in [0.4, 0.5) is 0 Å². The van der Waals surface area contributed by atoms with Crippen molar-refractivity contribution in [1.29, 1.82) is 0 Å². The summed E-state index contributed by atoms with van der Waals surface area (Å²) >= 11 is 0. The summed E-state index contributed by atoms with van der Waals surface area (Å²) in [7, 11) is 0. The molecule has 3 heteroatoms. The summed E-state index contributed by atoms with van der Waals surface area (Å²) in [6, 6.07) is 0. The molecule has 0 aromatic heterocycles. The van der Waals surface area contributed by atoms with Gasteiger partial charge in [-0.1, -0.05) is 0 Å². The summed E-state index contributed by atoms with van der Waals surface area (Å²) in [6.07, 6.45) is 3.22. The van der Waals surface area contributed by atoms with Gasteiger partial charge in [0.1, 0.15) is 11.4 Å². The van der Waals surface area contributed by atoms with Crippen LogP contribution >= 0.6 is 0 Å². The molecule has 0 aromatic carbocycles. The third kappa shape index (κ3) is 3.09. The monoisotopic (exact) mass is 184 g/mol. The van der Waals surface area contributed by atoms with Crippen LogP contribution in [-0.2, 0) is 14.3 Å². The van der Waals surface area contributed by atoms with Gasteiger partial charge in [0, 0.05) is 6.42 Å². The Morgan fingerprint density at radius 2 is 2.38 bits per heavy atom. The molecule has 13 heavy (non-hydrogen) atoms. The second-order valence-electron chi connectivity index (χ2n) is 3.72. The second kappa shape index (κ2) is 3.81. The molecule has 1 aliphatic heterocycles. The Hall–Kier alpha value is -0.990. The van der Waals surface area contributed by atoms with E-state index >= 15 is 0 Å². The lowest BCUT2D eigenvalue weighted by Crippen LogP contribution is -2.16. The van der Waals surface area contributed by atoms with Crippen molar-refractivity contribution in [2.45, 2.75) is 39.2 Å². The normalized spacial score (nSPS) is 22.8. The number of carbonyl (C=O) groups is 1. The van der Waals surface area contributed by atoms with Gasteiger partial charge >= 0.3 is 5.97 Å². The molecule has 1 saturated heterocycles. The molecule has 1 aliphatic rings. The lowest BCUT2D eigenvalue weighted by Gasteiger charge is -2.16. The van der Waals surface area contributed by atoms with Gasteiger partial charge < -0.3 is 9.47 Å². The Morgan fingerprint density at radius 1 is 1.69 bits per heavy atom. The van der Waals surface area contributed by atoms with Crippen molar-refractivity contribution < 1.29 is 14.3 Å². The molecule has 0 unspecified atom stereocenters. The van der Waals surface area contributed by atoms with Crippen LogP contribution in [0.25, 0.3) is 0 Å². The summed E-state index contributed by atoms with van der Waals surface area (Å²) in [6.45, 7) is 6.22. The minimum Gasteiger partial charge on any atom is -0.492 e. The average molecular weight is 184 g/mol. The fourth-order valence-corrected chi connectivity index (χ4v) is 1.30. The van der Waals surface area contributed by atoms with E-state index in [1.807, 2.05) is 13.8 Å². The van der Waals surface area contributed by atoms with E-state index < -0.39 is 0 Å². The summed E-state index contributed by atoms with van der Waals surface area (Å²) in [4.78, 5) is 11.0. The highest BCUT2D eigenvalue weighted by atomic mass is 16.5. The van der Waals surface area contributed by atoms with E-state index in [4.69, 9.17) is 9.47 Å². The van der Waals surface area contributed by atoms with E-state index in [9.17, 15) is 4.79 Å². The zero-order chi connectivity index (χ0) is 9.90. The Morgan fingerprint density at radius 3 is 2.85 bits per heavy atom. The van der Waals surface area contributed by atoms with E-state index in [1.54, 1.807) is 6.92 Å². The maximum absolute atomic E-state index is 11.0. The Labute approximate surface area is 78.7 Å². The van der Waals surface area contributed by atoms with Crippen LogP contribution in [0.5, 0.6) is 0 Å². The molecule has 1 rings (SSSR count). The van der Waals surface area contributed by atoms with E-state index in [1.165, 1.54) is 6.08 Å². The maximum atomic E-state index is 11.0. The Bertz CT molecular complexity index is 228. The zero-order valence-corrected chi connectivity index (χ0v) is 8.42. The SMILES string of the molecule is CCOC(=O)/C=C1/CCC(C)(C)O1. The first-order chi connectivity index (χ1) is 6.03. The molecule has 0 aromatic rings. The van der Waals surface area contributed by atoms with Crippen molar-refractivity contribution >= 4 is 5.97 Å². The maximum Gasteiger partial charge on any atom is 0.334 e. The van der Waals surface area contributed by atoms with Gasteiger partial charge in [0.05, 0.1) is 12.7 Å². The Balaban J connectivity index is 2.50. The summed E-state index contributed by atoms with van der Waals surface area (Å²) in [5.74, 6) is 0.429. The van der Waals surface area contributed by atoms with E-state index in [2.05, 4.69) is 0 Å². The summed E-state index contributed by atoms with van der Waals surface area (Å²) < 4.78 is 10.3. The molecule has 74 valence electrons. The van der Waals surface area contributed by atoms with Crippen LogP contribution in [0.1, 0.15) is 33.6 Å².